The first-order valence-corrected chi connectivity index (χ1v) is 6.55. The number of rotatable bonds is 2. The van der Waals surface area contributed by atoms with Crippen molar-refractivity contribution >= 4 is 0 Å². The summed E-state index contributed by atoms with van der Waals surface area (Å²) in [5.41, 5.74) is 3.39. The van der Waals surface area contributed by atoms with Crippen molar-refractivity contribution in [2.24, 2.45) is 0 Å². The van der Waals surface area contributed by atoms with Crippen LogP contribution in [-0.2, 0) is 22.7 Å². The van der Waals surface area contributed by atoms with E-state index < -0.39 is 0 Å². The largest absolute Gasteiger partial charge is 0.372 e. The topological polar surface area (TPSA) is 57.4 Å². The second-order valence-corrected chi connectivity index (χ2v) is 4.94. The zero-order valence-corrected chi connectivity index (χ0v) is 10.5. The monoisotopic (exact) mass is 258 g/mol. The second kappa shape index (κ2) is 4.43. The average Bonchev–Trinajstić information content (AvgIpc) is 3.18. The molecular weight excluding hydrogens is 244 g/mol. The van der Waals surface area contributed by atoms with Crippen molar-refractivity contribution in [3.05, 3.63) is 35.2 Å². The Balaban J connectivity index is 1.65. The van der Waals surface area contributed by atoms with Gasteiger partial charge in [0, 0.05) is 12.2 Å². The Morgan fingerprint density at radius 1 is 1.16 bits per heavy atom. The summed E-state index contributed by atoms with van der Waals surface area (Å²) in [5, 5.41) is 4.03. The van der Waals surface area contributed by atoms with Crippen molar-refractivity contribution in [3.63, 3.8) is 0 Å². The molecule has 0 radical (unpaired) electrons. The quantitative estimate of drug-likeness (QED) is 0.828. The fraction of sp³-hybridized carbons (Fsp3) is 0.429. The van der Waals surface area contributed by atoms with E-state index in [1.165, 1.54) is 11.1 Å². The van der Waals surface area contributed by atoms with Crippen LogP contribution in [0.25, 0.3) is 11.5 Å². The van der Waals surface area contributed by atoms with Crippen LogP contribution in [0.5, 0.6) is 0 Å². The normalized spacial score (nSPS) is 21.8. The maximum atomic E-state index is 5.56. The van der Waals surface area contributed by atoms with Gasteiger partial charge in [0.25, 0.3) is 5.89 Å². The van der Waals surface area contributed by atoms with E-state index in [1.807, 2.05) is 6.07 Å². The van der Waals surface area contributed by atoms with Gasteiger partial charge in [-0.15, -0.1) is 0 Å². The molecule has 2 aliphatic heterocycles. The number of hydrogen-bond acceptors (Lipinski definition) is 5. The molecule has 1 aromatic carbocycles. The van der Waals surface area contributed by atoms with Gasteiger partial charge in [-0.3, -0.25) is 0 Å². The Morgan fingerprint density at radius 2 is 2.11 bits per heavy atom. The number of fused-ring (bicyclic) bond motifs is 1. The zero-order chi connectivity index (χ0) is 12.7. The molecule has 5 nitrogen and oxygen atoms in total. The van der Waals surface area contributed by atoms with Gasteiger partial charge >= 0.3 is 0 Å². The standard InChI is InChI=1S/C14H14N2O3/c1-2-12(18-5-1)13-15-14(19-16-13)9-3-4-10-7-17-8-11(10)6-9/h3-4,6,12H,1-2,5,7-8H2. The van der Waals surface area contributed by atoms with Gasteiger partial charge in [-0.25, -0.2) is 0 Å². The Hall–Kier alpha value is -1.72. The molecule has 0 N–H and O–H groups in total. The molecule has 0 aliphatic carbocycles. The highest BCUT2D eigenvalue weighted by Crippen LogP contribution is 2.30. The number of ether oxygens (including phenoxy) is 2. The first-order valence-electron chi connectivity index (χ1n) is 6.55. The Morgan fingerprint density at radius 3 is 3.00 bits per heavy atom. The molecule has 1 saturated heterocycles. The molecule has 1 fully saturated rings. The number of nitrogens with zero attached hydrogens (tertiary/aromatic N) is 2. The predicted octanol–water partition coefficient (Wildman–Crippen LogP) is 2.62. The lowest BCUT2D eigenvalue weighted by Gasteiger charge is -2.01. The molecular formula is C14H14N2O3. The molecule has 19 heavy (non-hydrogen) atoms. The van der Waals surface area contributed by atoms with E-state index >= 15 is 0 Å². The van der Waals surface area contributed by atoms with Crippen molar-refractivity contribution in [2.45, 2.75) is 32.2 Å². The van der Waals surface area contributed by atoms with Crippen LogP contribution in [0, 0.1) is 0 Å². The smallest absolute Gasteiger partial charge is 0.258 e. The van der Waals surface area contributed by atoms with Crippen molar-refractivity contribution in [3.8, 4) is 11.5 Å². The van der Waals surface area contributed by atoms with E-state index in [4.69, 9.17) is 14.0 Å². The van der Waals surface area contributed by atoms with Crippen LogP contribution in [0.2, 0.25) is 0 Å². The molecule has 0 amide bonds. The van der Waals surface area contributed by atoms with Gasteiger partial charge in [0.2, 0.25) is 5.82 Å². The number of hydrogen-bond donors (Lipinski definition) is 0. The third-order valence-electron chi connectivity index (χ3n) is 3.63. The molecule has 98 valence electrons. The fourth-order valence-electron chi connectivity index (χ4n) is 2.57. The minimum Gasteiger partial charge on any atom is -0.372 e. The minimum atomic E-state index is -0.00439. The van der Waals surface area contributed by atoms with Gasteiger partial charge in [-0.05, 0) is 36.1 Å². The summed E-state index contributed by atoms with van der Waals surface area (Å²) in [6, 6.07) is 6.13. The summed E-state index contributed by atoms with van der Waals surface area (Å²) < 4.78 is 16.3. The van der Waals surface area contributed by atoms with Crippen LogP contribution in [0.4, 0.5) is 0 Å². The summed E-state index contributed by atoms with van der Waals surface area (Å²) in [6.07, 6.45) is 2.03. The van der Waals surface area contributed by atoms with Crippen LogP contribution in [0.3, 0.4) is 0 Å². The van der Waals surface area contributed by atoms with E-state index in [1.54, 1.807) is 0 Å². The summed E-state index contributed by atoms with van der Waals surface area (Å²) in [6.45, 7) is 2.14. The number of aromatic nitrogens is 2. The molecule has 2 aliphatic rings. The van der Waals surface area contributed by atoms with Crippen LogP contribution in [0.1, 0.15) is 35.9 Å². The molecule has 0 saturated carbocycles. The van der Waals surface area contributed by atoms with Gasteiger partial charge in [0.1, 0.15) is 6.10 Å². The van der Waals surface area contributed by atoms with Crippen LogP contribution in [0.15, 0.2) is 22.7 Å². The lowest BCUT2D eigenvalue weighted by atomic mass is 10.1. The molecule has 3 heterocycles. The lowest BCUT2D eigenvalue weighted by Crippen LogP contribution is -1.97. The van der Waals surface area contributed by atoms with E-state index in [-0.39, 0.29) is 6.10 Å². The third kappa shape index (κ3) is 1.95. The Kier molecular flexibility index (Phi) is 2.60. The first kappa shape index (κ1) is 11.1. The van der Waals surface area contributed by atoms with Gasteiger partial charge in [0.15, 0.2) is 0 Å². The molecule has 1 aromatic heterocycles. The van der Waals surface area contributed by atoms with Crippen molar-refractivity contribution in [2.75, 3.05) is 6.61 Å². The van der Waals surface area contributed by atoms with E-state index in [0.717, 1.165) is 25.0 Å². The first-order chi connectivity index (χ1) is 9.40. The highest BCUT2D eigenvalue weighted by Gasteiger charge is 2.24. The van der Waals surface area contributed by atoms with Gasteiger partial charge in [-0.2, -0.15) is 4.98 Å². The van der Waals surface area contributed by atoms with Gasteiger partial charge in [-0.1, -0.05) is 11.2 Å². The fourth-order valence-corrected chi connectivity index (χ4v) is 2.57. The molecule has 1 atom stereocenters. The van der Waals surface area contributed by atoms with Crippen LogP contribution < -0.4 is 0 Å². The van der Waals surface area contributed by atoms with Crippen molar-refractivity contribution in [1.82, 2.24) is 10.1 Å². The predicted molar refractivity (Wildman–Crippen MR) is 66.2 cm³/mol. The SMILES string of the molecule is c1cc2c(cc1-c1nc(C3CCCO3)no1)COC2. The second-order valence-electron chi connectivity index (χ2n) is 4.94. The van der Waals surface area contributed by atoms with E-state index in [2.05, 4.69) is 22.3 Å². The van der Waals surface area contributed by atoms with Gasteiger partial charge in [0.05, 0.1) is 13.2 Å². The molecule has 0 bridgehead atoms. The maximum Gasteiger partial charge on any atom is 0.258 e. The van der Waals surface area contributed by atoms with Crippen LogP contribution in [-0.4, -0.2) is 16.7 Å². The van der Waals surface area contributed by atoms with Crippen molar-refractivity contribution in [1.29, 1.82) is 0 Å². The molecule has 1 unspecified atom stereocenters. The highest BCUT2D eigenvalue weighted by molar-refractivity contribution is 5.56. The summed E-state index contributed by atoms with van der Waals surface area (Å²) in [7, 11) is 0. The summed E-state index contributed by atoms with van der Waals surface area (Å²) in [5.74, 6) is 1.21. The summed E-state index contributed by atoms with van der Waals surface area (Å²) in [4.78, 5) is 4.44. The number of benzene rings is 1. The van der Waals surface area contributed by atoms with Crippen LogP contribution >= 0.6 is 0 Å². The average molecular weight is 258 g/mol. The van der Waals surface area contributed by atoms with Crippen molar-refractivity contribution < 1.29 is 14.0 Å². The maximum absolute atomic E-state index is 5.56. The lowest BCUT2D eigenvalue weighted by molar-refractivity contribution is 0.103. The Bertz CT molecular complexity index is 602. The zero-order valence-electron chi connectivity index (χ0n) is 10.5. The molecule has 2 aromatic rings. The summed E-state index contributed by atoms with van der Waals surface area (Å²) >= 11 is 0. The molecule has 0 spiro atoms. The van der Waals surface area contributed by atoms with Gasteiger partial charge < -0.3 is 14.0 Å². The third-order valence-corrected chi connectivity index (χ3v) is 3.63. The minimum absolute atomic E-state index is 0.00439. The molecule has 4 rings (SSSR count). The highest BCUT2D eigenvalue weighted by atomic mass is 16.5. The molecule has 5 heteroatoms. The Labute approximate surface area is 110 Å². The van der Waals surface area contributed by atoms with E-state index in [9.17, 15) is 0 Å². The van der Waals surface area contributed by atoms with E-state index in [0.29, 0.717) is 24.9 Å².